The minimum atomic E-state index is 0. The van der Waals surface area contributed by atoms with Crippen LogP contribution in [0.15, 0.2) is 24.3 Å². The Balaban J connectivity index is 0.00000200. The Morgan fingerprint density at radius 1 is 1.29 bits per heavy atom. The first-order chi connectivity index (χ1) is 9.11. The van der Waals surface area contributed by atoms with Crippen molar-refractivity contribution in [2.24, 2.45) is 11.7 Å². The molecule has 6 heteroatoms. The van der Waals surface area contributed by atoms with Crippen molar-refractivity contribution in [1.82, 2.24) is 4.90 Å². The number of anilines is 1. The molecule has 21 heavy (non-hydrogen) atoms. The van der Waals surface area contributed by atoms with Gasteiger partial charge in [0.1, 0.15) is 0 Å². The molecule has 2 N–H and O–H groups in total. The summed E-state index contributed by atoms with van der Waals surface area (Å²) < 4.78 is 0. The predicted octanol–water partition coefficient (Wildman–Crippen LogP) is 2.41. The lowest BCUT2D eigenvalue weighted by atomic mass is 9.96. The van der Waals surface area contributed by atoms with Crippen molar-refractivity contribution in [1.29, 1.82) is 0 Å². The van der Waals surface area contributed by atoms with Crippen LogP contribution in [0.2, 0.25) is 0 Å². The third-order valence-electron chi connectivity index (χ3n) is 3.84. The minimum Gasteiger partial charge on any atom is -0.378 e. The van der Waals surface area contributed by atoms with Gasteiger partial charge >= 0.3 is 0 Å². The Morgan fingerprint density at radius 3 is 2.43 bits per heavy atom. The van der Waals surface area contributed by atoms with Gasteiger partial charge in [-0.05, 0) is 43.5 Å². The summed E-state index contributed by atoms with van der Waals surface area (Å²) in [5.41, 5.74) is 7.51. The number of nitrogens with two attached hydrogens (primary N) is 1. The van der Waals surface area contributed by atoms with Crippen LogP contribution in [-0.2, 0) is 0 Å². The molecule has 1 aliphatic heterocycles. The normalized spacial score (nSPS) is 14.9. The number of carbonyl (C=O) groups excluding carboxylic acids is 1. The SMILES string of the molecule is CN(C)c1cccc(C(=O)N2CCC(CN)CC2)c1.Cl.Cl. The van der Waals surface area contributed by atoms with Gasteiger partial charge in [-0.25, -0.2) is 0 Å². The molecular weight excluding hydrogens is 309 g/mol. The molecule has 0 aromatic heterocycles. The summed E-state index contributed by atoms with van der Waals surface area (Å²) in [6, 6.07) is 7.80. The van der Waals surface area contributed by atoms with Crippen LogP contribution in [-0.4, -0.2) is 44.5 Å². The molecule has 1 aromatic carbocycles. The van der Waals surface area contributed by atoms with Gasteiger partial charge in [0.2, 0.25) is 0 Å². The van der Waals surface area contributed by atoms with Crippen molar-refractivity contribution in [3.8, 4) is 0 Å². The number of halogens is 2. The molecule has 0 bridgehead atoms. The number of likely N-dealkylation sites (tertiary alicyclic amines) is 1. The lowest BCUT2D eigenvalue weighted by Gasteiger charge is -2.31. The maximum absolute atomic E-state index is 12.4. The van der Waals surface area contributed by atoms with Gasteiger partial charge < -0.3 is 15.5 Å². The number of piperidine rings is 1. The van der Waals surface area contributed by atoms with E-state index in [-0.39, 0.29) is 30.7 Å². The minimum absolute atomic E-state index is 0. The molecule has 1 fully saturated rings. The first-order valence-electron chi connectivity index (χ1n) is 6.88. The molecule has 1 aliphatic rings. The molecule has 1 saturated heterocycles. The number of nitrogens with zero attached hydrogens (tertiary/aromatic N) is 2. The van der Waals surface area contributed by atoms with Gasteiger partial charge in [0.25, 0.3) is 5.91 Å². The van der Waals surface area contributed by atoms with Gasteiger partial charge in [0, 0.05) is 38.4 Å². The summed E-state index contributed by atoms with van der Waals surface area (Å²) in [4.78, 5) is 16.4. The van der Waals surface area contributed by atoms with Crippen LogP contribution >= 0.6 is 24.8 Å². The highest BCUT2D eigenvalue weighted by Gasteiger charge is 2.22. The Hall–Kier alpha value is -0.970. The highest BCUT2D eigenvalue weighted by molar-refractivity contribution is 5.95. The standard InChI is InChI=1S/C15H23N3O.2ClH/c1-17(2)14-5-3-4-13(10-14)15(19)18-8-6-12(11-16)7-9-18;;/h3-5,10,12H,6-9,11,16H2,1-2H3;2*1H. The van der Waals surface area contributed by atoms with E-state index in [1.165, 1.54) is 0 Å². The van der Waals surface area contributed by atoms with Crippen LogP contribution in [0.25, 0.3) is 0 Å². The lowest BCUT2D eigenvalue weighted by Crippen LogP contribution is -2.40. The number of hydrogen-bond acceptors (Lipinski definition) is 3. The zero-order valence-corrected chi connectivity index (χ0v) is 14.3. The Bertz CT molecular complexity index is 446. The molecule has 2 rings (SSSR count). The van der Waals surface area contributed by atoms with E-state index in [1.54, 1.807) is 0 Å². The molecule has 4 nitrogen and oxygen atoms in total. The van der Waals surface area contributed by atoms with Gasteiger partial charge in [-0.1, -0.05) is 6.07 Å². The number of benzene rings is 1. The molecule has 0 spiro atoms. The fourth-order valence-electron chi connectivity index (χ4n) is 2.47. The lowest BCUT2D eigenvalue weighted by molar-refractivity contribution is 0.0693. The van der Waals surface area contributed by atoms with E-state index in [2.05, 4.69) is 0 Å². The predicted molar refractivity (Wildman–Crippen MR) is 92.9 cm³/mol. The Morgan fingerprint density at radius 2 is 1.90 bits per heavy atom. The summed E-state index contributed by atoms with van der Waals surface area (Å²) >= 11 is 0. The molecule has 0 saturated carbocycles. The second kappa shape index (κ2) is 9.13. The van der Waals surface area contributed by atoms with Crippen LogP contribution in [0.3, 0.4) is 0 Å². The van der Waals surface area contributed by atoms with Gasteiger partial charge in [0.05, 0.1) is 0 Å². The highest BCUT2D eigenvalue weighted by atomic mass is 35.5. The molecule has 1 aromatic rings. The van der Waals surface area contributed by atoms with Crippen molar-refractivity contribution in [2.75, 3.05) is 38.6 Å². The molecule has 0 unspecified atom stereocenters. The quantitative estimate of drug-likeness (QED) is 0.923. The van der Waals surface area contributed by atoms with Gasteiger partial charge in [-0.2, -0.15) is 0 Å². The Labute approximate surface area is 139 Å². The van der Waals surface area contributed by atoms with Gasteiger partial charge in [-0.3, -0.25) is 4.79 Å². The summed E-state index contributed by atoms with van der Waals surface area (Å²) in [5.74, 6) is 0.719. The third kappa shape index (κ3) is 5.06. The van der Waals surface area contributed by atoms with Crippen LogP contribution in [0, 0.1) is 5.92 Å². The molecular formula is C15H25Cl2N3O. The molecule has 120 valence electrons. The van der Waals surface area contributed by atoms with E-state index in [9.17, 15) is 4.79 Å². The zero-order chi connectivity index (χ0) is 13.8. The van der Waals surface area contributed by atoms with Crippen molar-refractivity contribution in [3.63, 3.8) is 0 Å². The van der Waals surface area contributed by atoms with Crippen molar-refractivity contribution in [2.45, 2.75) is 12.8 Å². The third-order valence-corrected chi connectivity index (χ3v) is 3.84. The molecule has 1 amide bonds. The summed E-state index contributed by atoms with van der Waals surface area (Å²) in [7, 11) is 3.96. The topological polar surface area (TPSA) is 49.6 Å². The van der Waals surface area contributed by atoms with Crippen LogP contribution in [0.5, 0.6) is 0 Å². The van der Waals surface area contributed by atoms with E-state index in [4.69, 9.17) is 5.73 Å². The largest absolute Gasteiger partial charge is 0.378 e. The van der Waals surface area contributed by atoms with E-state index >= 15 is 0 Å². The van der Waals surface area contributed by atoms with Crippen molar-refractivity contribution in [3.05, 3.63) is 29.8 Å². The summed E-state index contributed by atoms with van der Waals surface area (Å²) in [6.45, 7) is 2.39. The first kappa shape index (κ1) is 20.0. The average Bonchev–Trinajstić information content (AvgIpc) is 2.46. The Kier molecular flexibility index (Phi) is 8.71. The van der Waals surface area contributed by atoms with Crippen molar-refractivity contribution >= 4 is 36.4 Å². The number of hydrogen-bond donors (Lipinski definition) is 1. The van der Waals surface area contributed by atoms with Gasteiger partial charge in [-0.15, -0.1) is 24.8 Å². The maximum atomic E-state index is 12.4. The number of carbonyl (C=O) groups is 1. The van der Waals surface area contributed by atoms with Crippen LogP contribution < -0.4 is 10.6 Å². The van der Waals surface area contributed by atoms with Crippen LogP contribution in [0.1, 0.15) is 23.2 Å². The van der Waals surface area contributed by atoms with Crippen LogP contribution in [0.4, 0.5) is 5.69 Å². The summed E-state index contributed by atoms with van der Waals surface area (Å²) in [5, 5.41) is 0. The van der Waals surface area contributed by atoms with E-state index in [1.807, 2.05) is 48.2 Å². The highest BCUT2D eigenvalue weighted by Crippen LogP contribution is 2.20. The van der Waals surface area contributed by atoms with Crippen molar-refractivity contribution < 1.29 is 4.79 Å². The van der Waals surface area contributed by atoms with E-state index < -0.39 is 0 Å². The van der Waals surface area contributed by atoms with E-state index in [0.29, 0.717) is 5.92 Å². The average molecular weight is 334 g/mol. The molecule has 0 atom stereocenters. The second-order valence-electron chi connectivity index (χ2n) is 5.42. The molecule has 0 aliphatic carbocycles. The number of rotatable bonds is 3. The fraction of sp³-hybridized carbons (Fsp3) is 0.533. The smallest absolute Gasteiger partial charge is 0.253 e. The summed E-state index contributed by atoms with van der Waals surface area (Å²) in [6.07, 6.45) is 2.05. The maximum Gasteiger partial charge on any atom is 0.253 e. The zero-order valence-electron chi connectivity index (χ0n) is 12.6. The molecule has 1 heterocycles. The molecule has 0 radical (unpaired) electrons. The fourth-order valence-corrected chi connectivity index (χ4v) is 2.47. The second-order valence-corrected chi connectivity index (χ2v) is 5.42. The first-order valence-corrected chi connectivity index (χ1v) is 6.88. The van der Waals surface area contributed by atoms with Gasteiger partial charge in [0.15, 0.2) is 0 Å². The number of amides is 1. The van der Waals surface area contributed by atoms with E-state index in [0.717, 1.165) is 43.7 Å². The monoisotopic (exact) mass is 333 g/mol.